The fourth-order valence-corrected chi connectivity index (χ4v) is 3.15. The smallest absolute Gasteiger partial charge is 0.320 e. The number of aliphatic hydroxyl groups excluding tert-OH is 1. The van der Waals surface area contributed by atoms with E-state index in [-0.39, 0.29) is 12.4 Å². The number of aliphatic hydroxyl groups is 2. The molecular formula is C19H22ClN5O4. The summed E-state index contributed by atoms with van der Waals surface area (Å²) in [6.07, 6.45) is 0. The summed E-state index contributed by atoms with van der Waals surface area (Å²) in [6.45, 7) is 2.83. The highest BCUT2D eigenvalue weighted by Crippen LogP contribution is 2.29. The minimum Gasteiger partial charge on any atom is -0.479 e. The highest BCUT2D eigenvalue weighted by atomic mass is 35.5. The van der Waals surface area contributed by atoms with Crippen LogP contribution in [0.4, 0.5) is 10.6 Å². The van der Waals surface area contributed by atoms with Crippen molar-refractivity contribution in [3.05, 3.63) is 46.6 Å². The monoisotopic (exact) mass is 419 g/mol. The maximum atomic E-state index is 12.6. The number of hydrogen-bond donors (Lipinski definition) is 5. The van der Waals surface area contributed by atoms with Gasteiger partial charge in [-0.05, 0) is 31.5 Å². The van der Waals surface area contributed by atoms with Crippen LogP contribution in [0, 0.1) is 0 Å². The number of methoxy groups -OCH3 is 1. The van der Waals surface area contributed by atoms with E-state index in [0.717, 1.165) is 0 Å². The van der Waals surface area contributed by atoms with Crippen LogP contribution < -0.4 is 15.4 Å². The average molecular weight is 420 g/mol. The predicted octanol–water partition coefficient (Wildman–Crippen LogP) is 2.75. The van der Waals surface area contributed by atoms with Crippen molar-refractivity contribution in [1.82, 2.24) is 20.5 Å². The molecular weight excluding hydrogens is 398 g/mol. The molecule has 1 atom stereocenters. The Labute approximate surface area is 172 Å². The van der Waals surface area contributed by atoms with Gasteiger partial charge in [-0.25, -0.2) is 9.78 Å². The van der Waals surface area contributed by atoms with Crippen LogP contribution in [0.25, 0.3) is 10.9 Å². The molecule has 0 spiro atoms. The first-order chi connectivity index (χ1) is 13.7. The molecule has 29 heavy (non-hydrogen) atoms. The number of anilines is 1. The molecule has 10 heteroatoms. The van der Waals surface area contributed by atoms with Crippen molar-refractivity contribution in [3.63, 3.8) is 0 Å². The number of rotatable bonds is 6. The molecule has 2 heterocycles. The largest absolute Gasteiger partial charge is 0.479 e. The number of hydrogen-bond acceptors (Lipinski definition) is 6. The van der Waals surface area contributed by atoms with E-state index in [4.69, 9.17) is 16.3 Å². The highest BCUT2D eigenvalue weighted by molar-refractivity contribution is 6.30. The molecule has 0 unspecified atom stereocenters. The van der Waals surface area contributed by atoms with Gasteiger partial charge in [0.15, 0.2) is 0 Å². The number of aromatic nitrogens is 3. The second-order valence-corrected chi connectivity index (χ2v) is 7.44. The van der Waals surface area contributed by atoms with Crippen LogP contribution in [-0.2, 0) is 6.61 Å². The summed E-state index contributed by atoms with van der Waals surface area (Å²) < 4.78 is 5.15. The Hall–Kier alpha value is -2.88. The Kier molecular flexibility index (Phi) is 5.92. The number of aromatic amines is 1. The van der Waals surface area contributed by atoms with Gasteiger partial charge in [-0.3, -0.25) is 10.4 Å². The van der Waals surface area contributed by atoms with Crippen molar-refractivity contribution in [1.29, 1.82) is 0 Å². The second-order valence-electron chi connectivity index (χ2n) is 7.00. The lowest BCUT2D eigenvalue weighted by Crippen LogP contribution is -2.44. The highest BCUT2D eigenvalue weighted by Gasteiger charge is 2.30. The Morgan fingerprint density at radius 2 is 2.03 bits per heavy atom. The van der Waals surface area contributed by atoms with Gasteiger partial charge in [0.1, 0.15) is 5.82 Å². The van der Waals surface area contributed by atoms with E-state index in [1.165, 1.54) is 7.11 Å². The topological polar surface area (TPSA) is 132 Å². The number of carbonyl (C=O) groups excluding carboxylic acids is 1. The van der Waals surface area contributed by atoms with E-state index in [1.54, 1.807) is 44.2 Å². The van der Waals surface area contributed by atoms with Crippen LogP contribution in [0.5, 0.6) is 5.88 Å². The molecule has 0 fully saturated rings. The fraction of sp³-hybridized carbons (Fsp3) is 0.316. The Morgan fingerprint density at radius 1 is 1.34 bits per heavy atom. The van der Waals surface area contributed by atoms with Crippen LogP contribution in [-0.4, -0.2) is 44.1 Å². The lowest BCUT2D eigenvalue weighted by Gasteiger charge is -2.30. The van der Waals surface area contributed by atoms with E-state index >= 15 is 0 Å². The van der Waals surface area contributed by atoms with Gasteiger partial charge >= 0.3 is 6.03 Å². The average Bonchev–Trinajstić information content (AvgIpc) is 3.08. The van der Waals surface area contributed by atoms with Crippen molar-refractivity contribution in [2.75, 3.05) is 12.4 Å². The van der Waals surface area contributed by atoms with Crippen LogP contribution >= 0.6 is 11.6 Å². The maximum Gasteiger partial charge on any atom is 0.320 e. The van der Waals surface area contributed by atoms with Gasteiger partial charge in [0.05, 0.1) is 42.0 Å². The first-order valence-electron chi connectivity index (χ1n) is 8.81. The molecule has 154 valence electrons. The summed E-state index contributed by atoms with van der Waals surface area (Å²) in [4.78, 5) is 16.8. The zero-order chi connectivity index (χ0) is 21.2. The zero-order valence-corrected chi connectivity index (χ0v) is 16.9. The molecule has 0 aliphatic carbocycles. The third kappa shape index (κ3) is 4.58. The number of H-pyrrole nitrogens is 1. The number of amides is 2. The van der Waals surface area contributed by atoms with Crippen LogP contribution in [0.15, 0.2) is 30.3 Å². The molecule has 1 aromatic carbocycles. The van der Waals surface area contributed by atoms with E-state index in [0.29, 0.717) is 33.1 Å². The third-order valence-corrected chi connectivity index (χ3v) is 4.61. The van der Waals surface area contributed by atoms with E-state index in [2.05, 4.69) is 25.8 Å². The molecule has 3 rings (SSSR count). The number of nitrogens with zero attached hydrogens (tertiary/aromatic N) is 2. The molecule has 0 saturated carbocycles. The summed E-state index contributed by atoms with van der Waals surface area (Å²) in [5.41, 5.74) is 0.304. The summed E-state index contributed by atoms with van der Waals surface area (Å²) in [5.74, 6) is 0.508. The van der Waals surface area contributed by atoms with Crippen LogP contribution in [0.3, 0.4) is 0 Å². The van der Waals surface area contributed by atoms with Gasteiger partial charge in [0, 0.05) is 11.1 Å². The number of urea groups is 1. The number of ether oxygens (including phenoxy) is 1. The number of carbonyl (C=O) groups is 1. The van der Waals surface area contributed by atoms with Crippen LogP contribution in [0.1, 0.15) is 31.1 Å². The van der Waals surface area contributed by atoms with Gasteiger partial charge in [-0.1, -0.05) is 23.7 Å². The molecule has 2 amide bonds. The summed E-state index contributed by atoms with van der Waals surface area (Å²) >= 11 is 5.92. The number of benzene rings is 1. The van der Waals surface area contributed by atoms with Gasteiger partial charge < -0.3 is 20.3 Å². The maximum absolute atomic E-state index is 12.6. The normalized spacial score (nSPS) is 12.6. The Morgan fingerprint density at radius 3 is 2.62 bits per heavy atom. The summed E-state index contributed by atoms with van der Waals surface area (Å²) in [6, 6.07) is 7.13. The van der Waals surface area contributed by atoms with Crippen LogP contribution in [0.2, 0.25) is 5.02 Å². The lowest BCUT2D eigenvalue weighted by atomic mass is 9.92. The predicted molar refractivity (Wildman–Crippen MR) is 109 cm³/mol. The van der Waals surface area contributed by atoms with E-state index < -0.39 is 17.7 Å². The Balaban J connectivity index is 1.84. The quantitative estimate of drug-likeness (QED) is 0.417. The first kappa shape index (κ1) is 20.8. The minimum atomic E-state index is -1.24. The second kappa shape index (κ2) is 8.24. The first-order valence-corrected chi connectivity index (χ1v) is 9.19. The number of fused-ring (bicyclic) bond motifs is 1. The standard InChI is InChI=1S/C19H22ClN5O4/c1-19(2,28)16(10-4-6-11(20)7-5-10)23-18(27)22-14-8-12-15(13(9-26)21-14)17(29-3)25-24-12/h4-8,16,26,28H,9H2,1-3H3,(H,24,25)(H2,21,22,23,27)/t16-/m0/s1. The molecule has 0 aliphatic heterocycles. The Bertz CT molecular complexity index is 1010. The number of pyridine rings is 1. The zero-order valence-electron chi connectivity index (χ0n) is 16.2. The van der Waals surface area contributed by atoms with E-state index in [1.807, 2.05) is 0 Å². The molecule has 9 nitrogen and oxygen atoms in total. The van der Waals surface area contributed by atoms with E-state index in [9.17, 15) is 15.0 Å². The molecule has 2 aromatic heterocycles. The van der Waals surface area contributed by atoms with Crippen molar-refractivity contribution >= 4 is 34.4 Å². The molecule has 0 aliphatic rings. The van der Waals surface area contributed by atoms with Crippen molar-refractivity contribution < 1.29 is 19.7 Å². The molecule has 0 radical (unpaired) electrons. The minimum absolute atomic E-state index is 0.205. The summed E-state index contributed by atoms with van der Waals surface area (Å²) in [5, 5.41) is 33.4. The molecule has 5 N–H and O–H groups in total. The van der Waals surface area contributed by atoms with Crippen molar-refractivity contribution in [2.24, 2.45) is 0 Å². The molecule has 0 saturated heterocycles. The van der Waals surface area contributed by atoms with Crippen molar-refractivity contribution in [3.8, 4) is 5.88 Å². The third-order valence-electron chi connectivity index (χ3n) is 4.36. The summed E-state index contributed by atoms with van der Waals surface area (Å²) in [7, 11) is 1.46. The number of halogens is 1. The lowest BCUT2D eigenvalue weighted by molar-refractivity contribution is 0.0415. The van der Waals surface area contributed by atoms with Crippen molar-refractivity contribution in [2.45, 2.75) is 32.1 Å². The molecule has 3 aromatic rings. The van der Waals surface area contributed by atoms with Gasteiger partial charge in [-0.15, -0.1) is 5.10 Å². The van der Waals surface area contributed by atoms with Gasteiger partial charge in [0.2, 0.25) is 5.88 Å². The van der Waals surface area contributed by atoms with Gasteiger partial charge in [-0.2, -0.15) is 0 Å². The SMILES string of the molecule is COc1n[nH]c2cc(NC(=O)N[C@@H](c3ccc(Cl)cc3)C(C)(C)O)nc(CO)c12. The van der Waals surface area contributed by atoms with Gasteiger partial charge in [0.25, 0.3) is 0 Å². The fourth-order valence-electron chi connectivity index (χ4n) is 3.02. The molecule has 0 bridgehead atoms. The number of nitrogens with one attached hydrogen (secondary N) is 3.